The van der Waals surface area contributed by atoms with E-state index in [9.17, 15) is 9.18 Å². The summed E-state index contributed by atoms with van der Waals surface area (Å²) in [5.41, 5.74) is -0.507. The van der Waals surface area contributed by atoms with Crippen molar-refractivity contribution in [2.24, 2.45) is 0 Å². The second-order valence-corrected chi connectivity index (χ2v) is 5.42. The van der Waals surface area contributed by atoms with Gasteiger partial charge >= 0.3 is 6.09 Å². The van der Waals surface area contributed by atoms with Gasteiger partial charge in [-0.25, -0.2) is 4.79 Å². The number of rotatable bonds is 2. The van der Waals surface area contributed by atoms with Gasteiger partial charge in [0.2, 0.25) is 11.8 Å². The highest BCUT2D eigenvalue weighted by Gasteiger charge is 2.35. The van der Waals surface area contributed by atoms with Gasteiger partial charge in [-0.15, -0.1) is 0 Å². The van der Waals surface area contributed by atoms with Gasteiger partial charge in [-0.05, 0) is 26.8 Å². The van der Waals surface area contributed by atoms with Crippen molar-refractivity contribution in [3.63, 3.8) is 0 Å². The number of halogens is 1. The smallest absolute Gasteiger partial charge is 0.410 e. The fourth-order valence-electron chi connectivity index (χ4n) is 1.61. The quantitative estimate of drug-likeness (QED) is 0.772. The van der Waals surface area contributed by atoms with Crippen LogP contribution in [0.4, 0.5) is 9.18 Å². The molecule has 2 heterocycles. The van der Waals surface area contributed by atoms with Gasteiger partial charge in [0.1, 0.15) is 11.7 Å². The van der Waals surface area contributed by atoms with Crippen molar-refractivity contribution in [2.45, 2.75) is 32.5 Å². The van der Waals surface area contributed by atoms with Crippen molar-refractivity contribution >= 4 is 6.09 Å². The lowest BCUT2D eigenvalue weighted by Gasteiger charge is -2.39. The average molecular weight is 268 g/mol. The molecule has 1 aromatic rings. The Labute approximate surface area is 111 Å². The van der Waals surface area contributed by atoms with E-state index in [2.05, 4.69) is 4.98 Å². The highest BCUT2D eigenvalue weighted by atomic mass is 19.1. The predicted molar refractivity (Wildman–Crippen MR) is 66.4 cm³/mol. The van der Waals surface area contributed by atoms with Crippen LogP contribution in [0.5, 0.6) is 5.88 Å². The van der Waals surface area contributed by atoms with E-state index in [-0.39, 0.29) is 18.1 Å². The number of amides is 1. The molecule has 0 bridgehead atoms. The maximum Gasteiger partial charge on any atom is 0.410 e. The monoisotopic (exact) mass is 268 g/mol. The summed E-state index contributed by atoms with van der Waals surface area (Å²) in [6.07, 6.45) is -0.527. The first-order chi connectivity index (χ1) is 8.83. The maximum absolute atomic E-state index is 12.9. The fraction of sp³-hybridized carbons (Fsp3) is 0.538. The molecule has 1 aromatic heterocycles. The minimum absolute atomic E-state index is 0.165. The van der Waals surface area contributed by atoms with E-state index in [0.717, 1.165) is 0 Å². The molecule has 0 N–H and O–H groups in total. The SMILES string of the molecule is CC(C)(C)OC(=O)N1CC(Oc2cccc(F)n2)C1. The van der Waals surface area contributed by atoms with Crippen LogP contribution in [0.1, 0.15) is 20.8 Å². The summed E-state index contributed by atoms with van der Waals surface area (Å²) in [5, 5.41) is 0. The summed E-state index contributed by atoms with van der Waals surface area (Å²) >= 11 is 0. The Hall–Kier alpha value is -1.85. The molecule has 0 spiro atoms. The number of carbonyl (C=O) groups excluding carboxylic acids is 1. The number of pyridine rings is 1. The predicted octanol–water partition coefficient (Wildman–Crippen LogP) is 2.22. The number of nitrogens with zero attached hydrogens (tertiary/aromatic N) is 2. The number of hydrogen-bond donors (Lipinski definition) is 0. The van der Waals surface area contributed by atoms with Gasteiger partial charge in [-0.3, -0.25) is 0 Å². The van der Waals surface area contributed by atoms with Crippen molar-refractivity contribution in [1.82, 2.24) is 9.88 Å². The first kappa shape index (κ1) is 13.6. The van der Waals surface area contributed by atoms with Crippen LogP contribution in [-0.4, -0.2) is 40.8 Å². The van der Waals surface area contributed by atoms with E-state index in [1.54, 1.807) is 6.07 Å². The third-order valence-electron chi connectivity index (χ3n) is 2.48. The van der Waals surface area contributed by atoms with Crippen molar-refractivity contribution < 1.29 is 18.7 Å². The topological polar surface area (TPSA) is 51.7 Å². The van der Waals surface area contributed by atoms with E-state index in [4.69, 9.17) is 9.47 Å². The largest absolute Gasteiger partial charge is 0.470 e. The normalized spacial score (nSPS) is 15.9. The molecule has 0 radical (unpaired) electrons. The Balaban J connectivity index is 1.79. The van der Waals surface area contributed by atoms with Gasteiger partial charge in [-0.2, -0.15) is 9.37 Å². The summed E-state index contributed by atoms with van der Waals surface area (Å²) in [7, 11) is 0. The molecule has 1 saturated heterocycles. The van der Waals surface area contributed by atoms with Crippen LogP contribution in [0.15, 0.2) is 18.2 Å². The van der Waals surface area contributed by atoms with Gasteiger partial charge in [-0.1, -0.05) is 6.07 Å². The Kier molecular flexibility index (Phi) is 3.59. The van der Waals surface area contributed by atoms with E-state index in [1.165, 1.54) is 17.0 Å². The van der Waals surface area contributed by atoms with Crippen LogP contribution in [0.2, 0.25) is 0 Å². The molecule has 1 fully saturated rings. The van der Waals surface area contributed by atoms with Crippen LogP contribution in [0.3, 0.4) is 0 Å². The molecule has 0 aliphatic carbocycles. The second kappa shape index (κ2) is 5.03. The third kappa shape index (κ3) is 3.81. The lowest BCUT2D eigenvalue weighted by Crippen LogP contribution is -2.57. The Morgan fingerprint density at radius 3 is 2.68 bits per heavy atom. The molecule has 5 nitrogen and oxygen atoms in total. The molecule has 1 amide bonds. The molecule has 0 aromatic carbocycles. The Morgan fingerprint density at radius 1 is 1.42 bits per heavy atom. The molecule has 1 aliphatic heterocycles. The third-order valence-corrected chi connectivity index (χ3v) is 2.48. The highest BCUT2D eigenvalue weighted by Crippen LogP contribution is 2.19. The minimum atomic E-state index is -0.583. The fourth-order valence-corrected chi connectivity index (χ4v) is 1.61. The molecular formula is C13H17FN2O3. The summed E-state index contributed by atoms with van der Waals surface area (Å²) in [6.45, 7) is 6.29. The Bertz CT molecular complexity index is 467. The first-order valence-corrected chi connectivity index (χ1v) is 6.10. The van der Waals surface area contributed by atoms with Crippen LogP contribution >= 0.6 is 0 Å². The zero-order valence-electron chi connectivity index (χ0n) is 11.2. The molecule has 2 rings (SSSR count). The van der Waals surface area contributed by atoms with Gasteiger partial charge < -0.3 is 14.4 Å². The minimum Gasteiger partial charge on any atom is -0.470 e. The molecule has 6 heteroatoms. The number of likely N-dealkylation sites (tertiary alicyclic amines) is 1. The van der Waals surface area contributed by atoms with Crippen LogP contribution in [0.25, 0.3) is 0 Å². The lowest BCUT2D eigenvalue weighted by molar-refractivity contribution is -0.0234. The molecule has 19 heavy (non-hydrogen) atoms. The van der Waals surface area contributed by atoms with Crippen LogP contribution in [0, 0.1) is 5.95 Å². The van der Waals surface area contributed by atoms with Gasteiger partial charge in [0, 0.05) is 6.07 Å². The van der Waals surface area contributed by atoms with Crippen molar-refractivity contribution in [2.75, 3.05) is 13.1 Å². The zero-order chi connectivity index (χ0) is 14.0. The summed E-state index contributed by atoms with van der Waals surface area (Å²) in [4.78, 5) is 16.8. The van der Waals surface area contributed by atoms with E-state index >= 15 is 0 Å². The summed E-state index contributed by atoms with van der Waals surface area (Å²) in [6, 6.07) is 4.36. The van der Waals surface area contributed by atoms with Crippen molar-refractivity contribution in [1.29, 1.82) is 0 Å². The van der Waals surface area contributed by atoms with E-state index in [1.807, 2.05) is 20.8 Å². The van der Waals surface area contributed by atoms with Crippen LogP contribution < -0.4 is 4.74 Å². The van der Waals surface area contributed by atoms with Crippen molar-refractivity contribution in [3.05, 3.63) is 24.1 Å². The van der Waals surface area contributed by atoms with Crippen molar-refractivity contribution in [3.8, 4) is 5.88 Å². The van der Waals surface area contributed by atoms with Crippen LogP contribution in [-0.2, 0) is 4.74 Å². The number of aromatic nitrogens is 1. The Morgan fingerprint density at radius 2 is 2.11 bits per heavy atom. The zero-order valence-corrected chi connectivity index (χ0v) is 11.2. The van der Waals surface area contributed by atoms with E-state index in [0.29, 0.717) is 13.1 Å². The maximum atomic E-state index is 12.9. The second-order valence-electron chi connectivity index (χ2n) is 5.42. The molecule has 0 saturated carbocycles. The number of hydrogen-bond acceptors (Lipinski definition) is 4. The van der Waals surface area contributed by atoms with Gasteiger partial charge in [0.15, 0.2) is 0 Å². The number of ether oxygens (including phenoxy) is 2. The molecule has 1 aliphatic rings. The molecular weight excluding hydrogens is 251 g/mol. The summed E-state index contributed by atoms with van der Waals surface area (Å²) in [5.74, 6) is -0.352. The average Bonchev–Trinajstić information content (AvgIpc) is 2.20. The summed E-state index contributed by atoms with van der Waals surface area (Å²) < 4.78 is 23.5. The molecule has 0 unspecified atom stereocenters. The highest BCUT2D eigenvalue weighted by molar-refractivity contribution is 5.69. The first-order valence-electron chi connectivity index (χ1n) is 6.10. The number of carbonyl (C=O) groups is 1. The van der Waals surface area contributed by atoms with Gasteiger partial charge in [0.05, 0.1) is 13.1 Å². The lowest BCUT2D eigenvalue weighted by atomic mass is 10.2. The van der Waals surface area contributed by atoms with Gasteiger partial charge in [0.25, 0.3) is 0 Å². The molecule has 104 valence electrons. The standard InChI is InChI=1S/C13H17FN2O3/c1-13(2,3)19-12(17)16-7-9(8-16)18-11-6-4-5-10(14)15-11/h4-6,9H,7-8H2,1-3H3. The molecule has 0 atom stereocenters. The van der Waals surface area contributed by atoms with E-state index < -0.39 is 11.5 Å².